The van der Waals surface area contributed by atoms with Crippen LogP contribution in [-0.4, -0.2) is 26.8 Å². The molecule has 0 aliphatic heterocycles. The Morgan fingerprint density at radius 1 is 1.22 bits per heavy atom. The highest BCUT2D eigenvalue weighted by Crippen LogP contribution is 2.15. The summed E-state index contributed by atoms with van der Waals surface area (Å²) in [7, 11) is 0. The maximum atomic E-state index is 5.44. The molecule has 2 aromatic rings. The van der Waals surface area contributed by atoms with E-state index >= 15 is 0 Å². The molecule has 0 saturated carbocycles. The Kier molecular flexibility index (Phi) is 4.04. The molecular weight excluding hydrogens is 226 g/mol. The minimum absolute atomic E-state index is 0.527. The molecule has 96 valence electrons. The van der Waals surface area contributed by atoms with Crippen molar-refractivity contribution in [2.45, 2.75) is 32.7 Å². The van der Waals surface area contributed by atoms with Gasteiger partial charge in [-0.25, -0.2) is 0 Å². The number of benzene rings is 1. The second kappa shape index (κ2) is 5.73. The molecule has 0 amide bonds. The topological polar surface area (TPSA) is 69.6 Å². The molecule has 2 rings (SSSR count). The van der Waals surface area contributed by atoms with Gasteiger partial charge in [0.1, 0.15) is 0 Å². The number of hydrogen-bond acceptors (Lipinski definition) is 4. The first-order valence-corrected chi connectivity index (χ1v) is 6.24. The number of nitrogens with zero attached hydrogens (tertiary/aromatic N) is 4. The van der Waals surface area contributed by atoms with Crippen molar-refractivity contribution in [2.24, 2.45) is 5.73 Å². The quantitative estimate of drug-likeness (QED) is 0.863. The summed E-state index contributed by atoms with van der Waals surface area (Å²) < 4.78 is 0. The second-order valence-electron chi connectivity index (χ2n) is 4.66. The Morgan fingerprint density at radius 3 is 2.56 bits per heavy atom. The predicted octanol–water partition coefficient (Wildman–Crippen LogP) is 1.35. The third-order valence-corrected chi connectivity index (χ3v) is 2.83. The van der Waals surface area contributed by atoms with Crippen LogP contribution in [0.2, 0.25) is 0 Å². The van der Waals surface area contributed by atoms with E-state index in [1.54, 1.807) is 0 Å². The number of rotatable bonds is 5. The molecule has 0 atom stereocenters. The molecule has 18 heavy (non-hydrogen) atoms. The van der Waals surface area contributed by atoms with Crippen molar-refractivity contribution in [3.05, 3.63) is 41.2 Å². The van der Waals surface area contributed by atoms with Crippen molar-refractivity contribution in [1.29, 1.82) is 0 Å². The van der Waals surface area contributed by atoms with Gasteiger partial charge in [0, 0.05) is 13.0 Å². The lowest BCUT2D eigenvalue weighted by Crippen LogP contribution is -2.12. The minimum Gasteiger partial charge on any atom is -0.329 e. The Hall–Kier alpha value is -1.75. The Labute approximate surface area is 107 Å². The SMILES string of the molecule is CC(C)c1ccc(Cc2nnn(CCN)n2)cc1. The lowest BCUT2D eigenvalue weighted by molar-refractivity contribution is 0.529. The molecule has 5 nitrogen and oxygen atoms in total. The summed E-state index contributed by atoms with van der Waals surface area (Å²) in [6, 6.07) is 8.56. The van der Waals surface area contributed by atoms with Crippen LogP contribution in [-0.2, 0) is 13.0 Å². The van der Waals surface area contributed by atoms with Crippen molar-refractivity contribution in [3.63, 3.8) is 0 Å². The zero-order chi connectivity index (χ0) is 13.0. The van der Waals surface area contributed by atoms with Crippen molar-refractivity contribution in [2.75, 3.05) is 6.54 Å². The summed E-state index contributed by atoms with van der Waals surface area (Å²) in [5.74, 6) is 1.29. The molecular formula is C13H19N5. The number of aromatic nitrogens is 4. The highest BCUT2D eigenvalue weighted by Gasteiger charge is 2.04. The standard InChI is InChI=1S/C13H19N5/c1-10(2)12-5-3-11(4-6-12)9-13-15-17-18(16-13)8-7-14/h3-6,10H,7-9,14H2,1-2H3. The van der Waals surface area contributed by atoms with Crippen molar-refractivity contribution in [3.8, 4) is 0 Å². The van der Waals surface area contributed by atoms with Crippen molar-refractivity contribution >= 4 is 0 Å². The van der Waals surface area contributed by atoms with Crippen LogP contribution in [0.25, 0.3) is 0 Å². The molecule has 0 aliphatic carbocycles. The number of tetrazole rings is 1. The lowest BCUT2D eigenvalue weighted by atomic mass is 10.0. The Morgan fingerprint density at radius 2 is 1.94 bits per heavy atom. The van der Waals surface area contributed by atoms with Crippen molar-refractivity contribution in [1.82, 2.24) is 20.2 Å². The fraction of sp³-hybridized carbons (Fsp3) is 0.462. The molecule has 0 fully saturated rings. The summed E-state index contributed by atoms with van der Waals surface area (Å²) >= 11 is 0. The van der Waals surface area contributed by atoms with Gasteiger partial charge in [-0.15, -0.1) is 10.2 Å². The first-order chi connectivity index (χ1) is 8.69. The van der Waals surface area contributed by atoms with Crippen LogP contribution in [0.1, 0.15) is 36.7 Å². The van der Waals surface area contributed by atoms with Crippen molar-refractivity contribution < 1.29 is 0 Å². The van der Waals surface area contributed by atoms with Gasteiger partial charge in [0.15, 0.2) is 5.82 Å². The van der Waals surface area contributed by atoms with Crippen LogP contribution in [0.4, 0.5) is 0 Å². The molecule has 0 unspecified atom stereocenters. The van der Waals surface area contributed by atoms with E-state index in [4.69, 9.17) is 5.73 Å². The third kappa shape index (κ3) is 3.13. The second-order valence-corrected chi connectivity index (χ2v) is 4.66. The average Bonchev–Trinajstić information content (AvgIpc) is 2.78. The van der Waals surface area contributed by atoms with Crippen LogP contribution in [0.5, 0.6) is 0 Å². The average molecular weight is 245 g/mol. The van der Waals surface area contributed by atoms with Crippen LogP contribution in [0.3, 0.4) is 0 Å². The van der Waals surface area contributed by atoms with Gasteiger partial charge in [0.25, 0.3) is 0 Å². The van der Waals surface area contributed by atoms with Crippen LogP contribution in [0, 0.1) is 0 Å². The summed E-state index contributed by atoms with van der Waals surface area (Å²) in [6.07, 6.45) is 0.711. The van der Waals surface area contributed by atoms with Gasteiger partial charge in [-0.3, -0.25) is 0 Å². The zero-order valence-corrected chi connectivity index (χ0v) is 10.9. The monoisotopic (exact) mass is 245 g/mol. The Balaban J connectivity index is 2.03. The smallest absolute Gasteiger partial charge is 0.179 e. The number of nitrogens with two attached hydrogens (primary N) is 1. The zero-order valence-electron chi connectivity index (χ0n) is 10.9. The van der Waals surface area contributed by atoms with E-state index in [1.165, 1.54) is 15.9 Å². The van der Waals surface area contributed by atoms with E-state index in [0.29, 0.717) is 25.4 Å². The van der Waals surface area contributed by atoms with Gasteiger partial charge in [0.05, 0.1) is 6.54 Å². The van der Waals surface area contributed by atoms with Gasteiger partial charge in [0.2, 0.25) is 0 Å². The summed E-state index contributed by atoms with van der Waals surface area (Å²) in [4.78, 5) is 1.54. The first-order valence-electron chi connectivity index (χ1n) is 6.24. The molecule has 0 spiro atoms. The van der Waals surface area contributed by atoms with E-state index in [-0.39, 0.29) is 0 Å². The summed E-state index contributed by atoms with van der Waals surface area (Å²) in [6.45, 7) is 5.52. The van der Waals surface area contributed by atoms with Crippen LogP contribution in [0.15, 0.2) is 24.3 Å². The van der Waals surface area contributed by atoms with Gasteiger partial charge in [-0.2, -0.15) is 4.80 Å². The highest BCUT2D eigenvalue weighted by atomic mass is 15.6. The van der Waals surface area contributed by atoms with Gasteiger partial charge in [-0.1, -0.05) is 38.1 Å². The molecule has 1 heterocycles. The largest absolute Gasteiger partial charge is 0.329 e. The third-order valence-electron chi connectivity index (χ3n) is 2.83. The van der Waals surface area contributed by atoms with E-state index in [0.717, 1.165) is 5.82 Å². The molecule has 0 aliphatic rings. The summed E-state index contributed by atoms with van der Waals surface area (Å²) in [5.41, 5.74) is 7.99. The summed E-state index contributed by atoms with van der Waals surface area (Å²) in [5, 5.41) is 12.2. The fourth-order valence-electron chi connectivity index (χ4n) is 1.76. The van der Waals surface area contributed by atoms with Crippen LogP contribution < -0.4 is 5.73 Å². The lowest BCUT2D eigenvalue weighted by Gasteiger charge is -2.05. The van der Waals surface area contributed by atoms with E-state index in [1.807, 2.05) is 0 Å². The maximum absolute atomic E-state index is 5.44. The van der Waals surface area contributed by atoms with Gasteiger partial charge in [-0.05, 0) is 22.3 Å². The Bertz CT molecular complexity index is 486. The van der Waals surface area contributed by atoms with E-state index in [2.05, 4.69) is 53.5 Å². The molecule has 0 saturated heterocycles. The van der Waals surface area contributed by atoms with Gasteiger partial charge >= 0.3 is 0 Å². The minimum atomic E-state index is 0.527. The molecule has 1 aromatic carbocycles. The molecule has 1 aromatic heterocycles. The predicted molar refractivity (Wildman–Crippen MR) is 70.2 cm³/mol. The maximum Gasteiger partial charge on any atom is 0.179 e. The molecule has 5 heteroatoms. The molecule has 2 N–H and O–H groups in total. The van der Waals surface area contributed by atoms with Gasteiger partial charge < -0.3 is 5.73 Å². The van der Waals surface area contributed by atoms with E-state index < -0.39 is 0 Å². The fourth-order valence-corrected chi connectivity index (χ4v) is 1.76. The molecule has 0 bridgehead atoms. The number of hydrogen-bond donors (Lipinski definition) is 1. The first kappa shape index (κ1) is 12.7. The highest BCUT2D eigenvalue weighted by molar-refractivity contribution is 5.26. The van der Waals surface area contributed by atoms with E-state index in [9.17, 15) is 0 Å². The van der Waals surface area contributed by atoms with Crippen LogP contribution >= 0.6 is 0 Å². The normalized spacial score (nSPS) is 11.1. The molecule has 0 radical (unpaired) electrons.